The van der Waals surface area contributed by atoms with E-state index in [9.17, 15) is 10.1 Å². The number of nitrogens with zero attached hydrogens (tertiary/aromatic N) is 1. The van der Waals surface area contributed by atoms with E-state index in [1.165, 1.54) is 6.07 Å². The van der Waals surface area contributed by atoms with Gasteiger partial charge in [-0.05, 0) is 31.5 Å². The molecule has 5 heteroatoms. The number of nitrogens with one attached hydrogen (secondary N) is 1. The van der Waals surface area contributed by atoms with Gasteiger partial charge >= 0.3 is 0 Å². The molecule has 0 amide bonds. The highest BCUT2D eigenvalue weighted by Gasteiger charge is 2.15. The van der Waals surface area contributed by atoms with Crippen molar-refractivity contribution in [2.45, 2.75) is 26.5 Å². The molecular formula is C16H18N2O3. The predicted octanol–water partition coefficient (Wildman–Crippen LogP) is 3.99. The molecule has 0 saturated carbocycles. The Kier molecular flexibility index (Phi) is 4.77. The minimum atomic E-state index is -0.402. The third-order valence-electron chi connectivity index (χ3n) is 2.86. The second kappa shape index (κ2) is 6.74. The number of hydrogen-bond donors (Lipinski definition) is 1. The molecule has 0 aliphatic heterocycles. The van der Waals surface area contributed by atoms with Crippen molar-refractivity contribution in [2.24, 2.45) is 0 Å². The molecule has 21 heavy (non-hydrogen) atoms. The predicted molar refractivity (Wildman–Crippen MR) is 82.6 cm³/mol. The molecule has 0 atom stereocenters. The van der Waals surface area contributed by atoms with Crippen LogP contribution < -0.4 is 10.1 Å². The van der Waals surface area contributed by atoms with Crippen LogP contribution in [-0.4, -0.2) is 11.0 Å². The molecule has 110 valence electrons. The zero-order valence-electron chi connectivity index (χ0n) is 12.1. The van der Waals surface area contributed by atoms with Gasteiger partial charge in [-0.15, -0.1) is 0 Å². The summed E-state index contributed by atoms with van der Waals surface area (Å²) in [4.78, 5) is 10.8. The first-order valence-electron chi connectivity index (χ1n) is 6.79. The zero-order valence-corrected chi connectivity index (χ0v) is 12.1. The Morgan fingerprint density at radius 1 is 1.19 bits per heavy atom. The lowest BCUT2D eigenvalue weighted by molar-refractivity contribution is -0.384. The van der Waals surface area contributed by atoms with Crippen molar-refractivity contribution >= 4 is 11.4 Å². The number of nitro groups is 1. The fourth-order valence-corrected chi connectivity index (χ4v) is 1.95. The van der Waals surface area contributed by atoms with E-state index in [1.54, 1.807) is 12.1 Å². The van der Waals surface area contributed by atoms with Crippen molar-refractivity contribution in [3.63, 3.8) is 0 Å². The highest BCUT2D eigenvalue weighted by Crippen LogP contribution is 2.29. The molecule has 0 unspecified atom stereocenters. The van der Waals surface area contributed by atoms with Gasteiger partial charge in [0.15, 0.2) is 0 Å². The van der Waals surface area contributed by atoms with Crippen molar-refractivity contribution in [1.29, 1.82) is 0 Å². The Balaban J connectivity index is 2.16. The van der Waals surface area contributed by atoms with Gasteiger partial charge in [0.25, 0.3) is 5.69 Å². The largest absolute Gasteiger partial charge is 0.491 e. The maximum absolute atomic E-state index is 11.2. The third kappa shape index (κ3) is 4.21. The van der Waals surface area contributed by atoms with Gasteiger partial charge in [-0.3, -0.25) is 10.1 Å². The van der Waals surface area contributed by atoms with Crippen molar-refractivity contribution in [3.05, 3.63) is 64.2 Å². The van der Waals surface area contributed by atoms with Gasteiger partial charge in [0.05, 0.1) is 17.1 Å². The summed E-state index contributed by atoms with van der Waals surface area (Å²) in [5.41, 5.74) is 1.57. The lowest BCUT2D eigenvalue weighted by atomic mass is 10.2. The van der Waals surface area contributed by atoms with Gasteiger partial charge in [-0.25, -0.2) is 0 Å². The Labute approximate surface area is 123 Å². The highest BCUT2D eigenvalue weighted by molar-refractivity contribution is 5.64. The van der Waals surface area contributed by atoms with Crippen molar-refractivity contribution in [3.8, 4) is 5.75 Å². The summed E-state index contributed by atoms with van der Waals surface area (Å²) in [7, 11) is 0. The number of hydrogen-bond acceptors (Lipinski definition) is 4. The molecule has 5 nitrogen and oxygen atoms in total. The van der Waals surface area contributed by atoms with Crippen LogP contribution in [0.2, 0.25) is 0 Å². The maximum Gasteiger partial charge on any atom is 0.296 e. The SMILES string of the molecule is CC(C)Oc1ccc(NCc2ccccc2)c([N+](=O)[O-])c1. The molecule has 1 N–H and O–H groups in total. The van der Waals surface area contributed by atoms with Gasteiger partial charge in [-0.1, -0.05) is 30.3 Å². The van der Waals surface area contributed by atoms with E-state index in [1.807, 2.05) is 44.2 Å². The molecule has 0 fully saturated rings. The summed E-state index contributed by atoms with van der Waals surface area (Å²) in [5.74, 6) is 0.502. The molecule has 2 aromatic carbocycles. The average molecular weight is 286 g/mol. The van der Waals surface area contributed by atoms with Crippen LogP contribution in [0.4, 0.5) is 11.4 Å². The van der Waals surface area contributed by atoms with E-state index >= 15 is 0 Å². The second-order valence-electron chi connectivity index (χ2n) is 4.94. The molecule has 0 radical (unpaired) electrons. The van der Waals surface area contributed by atoms with Crippen LogP contribution in [0.1, 0.15) is 19.4 Å². The molecule has 2 rings (SSSR count). The van der Waals surface area contributed by atoms with Crippen molar-refractivity contribution in [2.75, 3.05) is 5.32 Å². The Bertz CT molecular complexity index is 612. The first-order valence-corrected chi connectivity index (χ1v) is 6.79. The fourth-order valence-electron chi connectivity index (χ4n) is 1.95. The number of nitro benzene ring substituents is 1. The summed E-state index contributed by atoms with van der Waals surface area (Å²) in [6.07, 6.45) is -0.0206. The molecular weight excluding hydrogens is 268 g/mol. The first-order chi connectivity index (χ1) is 10.1. The lowest BCUT2D eigenvalue weighted by Gasteiger charge is -2.12. The summed E-state index contributed by atoms with van der Waals surface area (Å²) < 4.78 is 5.49. The molecule has 0 aliphatic rings. The molecule has 0 aliphatic carbocycles. The topological polar surface area (TPSA) is 64.4 Å². The number of benzene rings is 2. The maximum atomic E-state index is 11.2. The van der Waals surface area contributed by atoms with Crippen LogP contribution in [0.25, 0.3) is 0 Å². The van der Waals surface area contributed by atoms with Gasteiger partial charge in [0.1, 0.15) is 11.4 Å². The minimum Gasteiger partial charge on any atom is -0.491 e. The Hall–Kier alpha value is -2.56. The lowest BCUT2D eigenvalue weighted by Crippen LogP contribution is -2.07. The van der Waals surface area contributed by atoms with E-state index in [-0.39, 0.29) is 11.8 Å². The molecule has 0 heterocycles. The third-order valence-corrected chi connectivity index (χ3v) is 2.86. The van der Waals surface area contributed by atoms with Gasteiger partial charge in [0, 0.05) is 6.54 Å². The molecule has 0 spiro atoms. The van der Waals surface area contributed by atoms with E-state index in [0.717, 1.165) is 5.56 Å². The van der Waals surface area contributed by atoms with E-state index in [2.05, 4.69) is 5.32 Å². The summed E-state index contributed by atoms with van der Waals surface area (Å²) in [6, 6.07) is 14.6. The molecule has 0 bridgehead atoms. The van der Waals surface area contributed by atoms with Gasteiger partial charge in [-0.2, -0.15) is 0 Å². The normalized spacial score (nSPS) is 10.4. The molecule has 0 saturated heterocycles. The minimum absolute atomic E-state index is 0.0177. The number of ether oxygens (including phenoxy) is 1. The van der Waals surface area contributed by atoms with E-state index < -0.39 is 4.92 Å². The smallest absolute Gasteiger partial charge is 0.296 e. The monoisotopic (exact) mass is 286 g/mol. The van der Waals surface area contributed by atoms with Crippen molar-refractivity contribution in [1.82, 2.24) is 0 Å². The van der Waals surface area contributed by atoms with Crippen molar-refractivity contribution < 1.29 is 9.66 Å². The summed E-state index contributed by atoms with van der Waals surface area (Å²) in [5, 5.41) is 14.3. The Morgan fingerprint density at radius 3 is 2.52 bits per heavy atom. The summed E-state index contributed by atoms with van der Waals surface area (Å²) >= 11 is 0. The van der Waals surface area contributed by atoms with E-state index in [0.29, 0.717) is 18.0 Å². The molecule has 2 aromatic rings. The van der Waals surface area contributed by atoms with Crippen LogP contribution in [0.15, 0.2) is 48.5 Å². The standard InChI is InChI=1S/C16H18N2O3/c1-12(2)21-14-8-9-15(16(10-14)18(19)20)17-11-13-6-4-3-5-7-13/h3-10,12,17H,11H2,1-2H3. The highest BCUT2D eigenvalue weighted by atomic mass is 16.6. The molecule has 0 aromatic heterocycles. The van der Waals surface area contributed by atoms with E-state index in [4.69, 9.17) is 4.74 Å². The quantitative estimate of drug-likeness (QED) is 0.644. The van der Waals surface area contributed by atoms with Crippen LogP contribution >= 0.6 is 0 Å². The van der Waals surface area contributed by atoms with Crippen LogP contribution in [0.3, 0.4) is 0 Å². The fraction of sp³-hybridized carbons (Fsp3) is 0.250. The first kappa shape index (κ1) is 14.8. The number of anilines is 1. The average Bonchev–Trinajstić information content (AvgIpc) is 2.46. The Morgan fingerprint density at radius 2 is 1.90 bits per heavy atom. The zero-order chi connectivity index (χ0) is 15.2. The second-order valence-corrected chi connectivity index (χ2v) is 4.94. The van der Waals surface area contributed by atoms with Gasteiger partial charge in [0.2, 0.25) is 0 Å². The van der Waals surface area contributed by atoms with Crippen LogP contribution in [-0.2, 0) is 6.54 Å². The van der Waals surface area contributed by atoms with Crippen LogP contribution in [0, 0.1) is 10.1 Å². The van der Waals surface area contributed by atoms with Crippen LogP contribution in [0.5, 0.6) is 5.75 Å². The summed E-state index contributed by atoms with van der Waals surface area (Å²) in [6.45, 7) is 4.30. The van der Waals surface area contributed by atoms with Gasteiger partial charge < -0.3 is 10.1 Å². The number of rotatable bonds is 6.